The predicted molar refractivity (Wildman–Crippen MR) is 84.0 cm³/mol. The molecule has 4 heteroatoms. The van der Waals surface area contributed by atoms with Gasteiger partial charge in [0.1, 0.15) is 11.2 Å². The summed E-state index contributed by atoms with van der Waals surface area (Å²) >= 11 is 0. The van der Waals surface area contributed by atoms with Gasteiger partial charge in [0.15, 0.2) is 0 Å². The quantitative estimate of drug-likeness (QED) is 0.492. The molecule has 0 atom stereocenters. The number of ether oxygens (including phenoxy) is 2. The molecule has 4 nitrogen and oxygen atoms in total. The van der Waals surface area contributed by atoms with E-state index >= 15 is 0 Å². The van der Waals surface area contributed by atoms with E-state index in [1.165, 1.54) is 0 Å². The first-order valence-electron chi connectivity index (χ1n) is 7.93. The molecule has 0 aromatic rings. The lowest BCUT2D eigenvalue weighted by Crippen LogP contribution is -2.23. The Morgan fingerprint density at radius 2 is 0.905 bits per heavy atom. The van der Waals surface area contributed by atoms with Crippen molar-refractivity contribution in [3.8, 4) is 0 Å². The number of rotatable bonds is 8. The smallest absolute Gasteiger partial charge is 0.306 e. The standard InChI is InChI=1S/C17H32O4/c1-16(2,3)20-14(18)12-10-8-7-9-11-13-15(19)21-17(4,5)6/h7-13H2,1-6H3. The summed E-state index contributed by atoms with van der Waals surface area (Å²) in [5.41, 5.74) is -0.797. The molecule has 0 N–H and O–H groups in total. The Hall–Kier alpha value is -1.06. The molecule has 0 spiro atoms. The lowest BCUT2D eigenvalue weighted by atomic mass is 10.1. The van der Waals surface area contributed by atoms with E-state index in [4.69, 9.17) is 9.47 Å². The molecule has 0 rings (SSSR count). The molecule has 0 radical (unpaired) electrons. The minimum atomic E-state index is -0.398. The van der Waals surface area contributed by atoms with Gasteiger partial charge in [-0.1, -0.05) is 19.3 Å². The Morgan fingerprint density at radius 3 is 1.19 bits per heavy atom. The van der Waals surface area contributed by atoms with Crippen LogP contribution in [-0.4, -0.2) is 23.1 Å². The molecule has 0 aromatic heterocycles. The topological polar surface area (TPSA) is 52.6 Å². The summed E-state index contributed by atoms with van der Waals surface area (Å²) in [6.07, 6.45) is 5.67. The van der Waals surface area contributed by atoms with Gasteiger partial charge in [-0.2, -0.15) is 0 Å². The molecular formula is C17H32O4. The van der Waals surface area contributed by atoms with Gasteiger partial charge >= 0.3 is 11.9 Å². The first-order chi connectivity index (χ1) is 9.49. The summed E-state index contributed by atoms with van der Waals surface area (Å²) in [7, 11) is 0. The van der Waals surface area contributed by atoms with Crippen molar-refractivity contribution in [2.24, 2.45) is 0 Å². The second-order valence-electron chi connectivity index (χ2n) is 7.44. The van der Waals surface area contributed by atoms with Crippen LogP contribution in [0, 0.1) is 0 Å². The molecule has 0 heterocycles. The van der Waals surface area contributed by atoms with E-state index in [-0.39, 0.29) is 11.9 Å². The lowest BCUT2D eigenvalue weighted by Gasteiger charge is -2.19. The van der Waals surface area contributed by atoms with Crippen molar-refractivity contribution in [2.45, 2.75) is 97.7 Å². The molecule has 0 aromatic carbocycles. The zero-order chi connectivity index (χ0) is 16.5. The number of hydrogen-bond acceptors (Lipinski definition) is 4. The molecule has 0 unspecified atom stereocenters. The third-order valence-electron chi connectivity index (χ3n) is 2.60. The fourth-order valence-electron chi connectivity index (χ4n) is 1.85. The van der Waals surface area contributed by atoms with Gasteiger partial charge < -0.3 is 9.47 Å². The number of unbranched alkanes of at least 4 members (excludes halogenated alkanes) is 4. The van der Waals surface area contributed by atoms with Crippen LogP contribution in [0.25, 0.3) is 0 Å². The minimum absolute atomic E-state index is 0.128. The van der Waals surface area contributed by atoms with Crippen LogP contribution in [0.2, 0.25) is 0 Å². The maximum absolute atomic E-state index is 11.5. The zero-order valence-corrected chi connectivity index (χ0v) is 14.6. The lowest BCUT2D eigenvalue weighted by molar-refractivity contribution is -0.156. The molecule has 21 heavy (non-hydrogen) atoms. The molecule has 0 aliphatic carbocycles. The molecule has 0 aliphatic rings. The van der Waals surface area contributed by atoms with Crippen molar-refractivity contribution in [1.82, 2.24) is 0 Å². The molecule has 0 aliphatic heterocycles. The van der Waals surface area contributed by atoms with Gasteiger partial charge in [0.25, 0.3) is 0 Å². The van der Waals surface area contributed by atoms with Crippen LogP contribution < -0.4 is 0 Å². The molecule has 0 bridgehead atoms. The van der Waals surface area contributed by atoms with Crippen LogP contribution in [0.1, 0.15) is 86.5 Å². The van der Waals surface area contributed by atoms with Gasteiger partial charge in [-0.05, 0) is 54.4 Å². The monoisotopic (exact) mass is 300 g/mol. The fourth-order valence-corrected chi connectivity index (χ4v) is 1.85. The van der Waals surface area contributed by atoms with Gasteiger partial charge in [0.2, 0.25) is 0 Å². The van der Waals surface area contributed by atoms with E-state index < -0.39 is 11.2 Å². The highest BCUT2D eigenvalue weighted by atomic mass is 16.6. The van der Waals surface area contributed by atoms with E-state index in [2.05, 4.69) is 0 Å². The van der Waals surface area contributed by atoms with Crippen molar-refractivity contribution in [3.63, 3.8) is 0 Å². The maximum atomic E-state index is 11.5. The van der Waals surface area contributed by atoms with Gasteiger partial charge in [-0.15, -0.1) is 0 Å². The highest BCUT2D eigenvalue weighted by Gasteiger charge is 2.16. The SMILES string of the molecule is CC(C)(C)OC(=O)CCCCCCCC(=O)OC(C)(C)C. The van der Waals surface area contributed by atoms with Crippen LogP contribution in [-0.2, 0) is 19.1 Å². The summed E-state index contributed by atoms with van der Waals surface area (Å²) in [6.45, 7) is 11.3. The fraction of sp³-hybridized carbons (Fsp3) is 0.882. The molecule has 0 amide bonds. The summed E-state index contributed by atoms with van der Waals surface area (Å²) in [6, 6.07) is 0. The minimum Gasteiger partial charge on any atom is -0.460 e. The van der Waals surface area contributed by atoms with Crippen LogP contribution in [0.3, 0.4) is 0 Å². The first-order valence-corrected chi connectivity index (χ1v) is 7.93. The number of hydrogen-bond donors (Lipinski definition) is 0. The van der Waals surface area contributed by atoms with Gasteiger partial charge in [0, 0.05) is 12.8 Å². The third kappa shape index (κ3) is 15.2. The molecule has 0 saturated carbocycles. The molecule has 0 saturated heterocycles. The summed E-state index contributed by atoms with van der Waals surface area (Å²) in [5.74, 6) is -0.257. The van der Waals surface area contributed by atoms with E-state index in [1.54, 1.807) is 0 Å². The van der Waals surface area contributed by atoms with Gasteiger partial charge in [-0.3, -0.25) is 9.59 Å². The second-order valence-corrected chi connectivity index (χ2v) is 7.44. The number of carbonyl (C=O) groups is 2. The largest absolute Gasteiger partial charge is 0.460 e. The molecular weight excluding hydrogens is 268 g/mol. The summed E-state index contributed by atoms with van der Waals surface area (Å²) in [4.78, 5) is 23.0. The van der Waals surface area contributed by atoms with E-state index in [0.29, 0.717) is 12.8 Å². The first kappa shape index (κ1) is 19.9. The second kappa shape index (κ2) is 9.06. The molecule has 124 valence electrons. The average molecular weight is 300 g/mol. The van der Waals surface area contributed by atoms with E-state index in [9.17, 15) is 9.59 Å². The average Bonchev–Trinajstić information content (AvgIpc) is 2.22. The highest BCUT2D eigenvalue weighted by Crippen LogP contribution is 2.13. The van der Waals surface area contributed by atoms with E-state index in [0.717, 1.165) is 32.1 Å². The number of carbonyl (C=O) groups excluding carboxylic acids is 2. The Morgan fingerprint density at radius 1 is 0.619 bits per heavy atom. The summed E-state index contributed by atoms with van der Waals surface area (Å²) in [5, 5.41) is 0. The number of esters is 2. The normalized spacial score (nSPS) is 12.1. The maximum Gasteiger partial charge on any atom is 0.306 e. The predicted octanol–water partition coefficient (Wildman–Crippen LogP) is 4.40. The van der Waals surface area contributed by atoms with E-state index in [1.807, 2.05) is 41.5 Å². The molecule has 0 fully saturated rings. The van der Waals surface area contributed by atoms with Crippen molar-refractivity contribution in [2.75, 3.05) is 0 Å². The van der Waals surface area contributed by atoms with Gasteiger partial charge in [-0.25, -0.2) is 0 Å². The van der Waals surface area contributed by atoms with Crippen LogP contribution in [0.15, 0.2) is 0 Å². The Kier molecular flexibility index (Phi) is 8.60. The third-order valence-corrected chi connectivity index (χ3v) is 2.60. The van der Waals surface area contributed by atoms with Crippen LogP contribution in [0.4, 0.5) is 0 Å². The summed E-state index contributed by atoms with van der Waals surface area (Å²) < 4.78 is 10.5. The Labute approximate surface area is 129 Å². The van der Waals surface area contributed by atoms with Crippen molar-refractivity contribution in [3.05, 3.63) is 0 Å². The van der Waals surface area contributed by atoms with Gasteiger partial charge in [0.05, 0.1) is 0 Å². The Bertz CT molecular complexity index is 289. The van der Waals surface area contributed by atoms with Crippen molar-refractivity contribution >= 4 is 11.9 Å². The van der Waals surface area contributed by atoms with Crippen molar-refractivity contribution in [1.29, 1.82) is 0 Å². The zero-order valence-electron chi connectivity index (χ0n) is 14.6. The van der Waals surface area contributed by atoms with Crippen LogP contribution >= 0.6 is 0 Å². The van der Waals surface area contributed by atoms with Crippen LogP contribution in [0.5, 0.6) is 0 Å². The highest BCUT2D eigenvalue weighted by molar-refractivity contribution is 5.70. The Balaban J connectivity index is 3.49. The van der Waals surface area contributed by atoms with Crippen molar-refractivity contribution < 1.29 is 19.1 Å².